The van der Waals surface area contributed by atoms with Crippen molar-refractivity contribution in [3.63, 3.8) is 0 Å². The van der Waals surface area contributed by atoms with Crippen LogP contribution in [-0.2, 0) is 0 Å². The van der Waals surface area contributed by atoms with E-state index in [1.807, 2.05) is 0 Å². The topological polar surface area (TPSA) is 66.6 Å². The molecule has 1 amide bonds. The fourth-order valence-electron chi connectivity index (χ4n) is 0.717. The van der Waals surface area contributed by atoms with Gasteiger partial charge in [0.1, 0.15) is 5.82 Å². The van der Waals surface area contributed by atoms with Crippen molar-refractivity contribution in [2.24, 2.45) is 5.73 Å². The molecule has 0 saturated carbocycles. The van der Waals surface area contributed by atoms with Gasteiger partial charge in [-0.05, 0) is 6.08 Å². The van der Waals surface area contributed by atoms with E-state index in [0.29, 0.717) is 6.54 Å². The lowest BCUT2D eigenvalue weighted by atomic mass is 10.3. The molecule has 3 N–H and O–H groups in total. The summed E-state index contributed by atoms with van der Waals surface area (Å²) in [5.74, 6) is 0.273. The summed E-state index contributed by atoms with van der Waals surface area (Å²) in [7, 11) is 0. The number of carboxylic acid groups (broad SMARTS) is 1. The molecule has 0 radical (unpaired) electrons. The summed E-state index contributed by atoms with van der Waals surface area (Å²) in [6.07, 6.45) is 4.00. The van der Waals surface area contributed by atoms with E-state index in [4.69, 9.17) is 10.8 Å². The van der Waals surface area contributed by atoms with E-state index in [2.05, 4.69) is 0 Å². The van der Waals surface area contributed by atoms with Gasteiger partial charge in [0, 0.05) is 6.54 Å². The average Bonchev–Trinajstić information content (AvgIpc) is 1.88. The first-order chi connectivity index (χ1) is 4.72. The molecule has 54 valence electrons. The van der Waals surface area contributed by atoms with Crippen molar-refractivity contribution in [2.45, 2.75) is 0 Å². The number of carbonyl (C=O) groups is 1. The highest BCUT2D eigenvalue weighted by Crippen LogP contribution is 2.03. The third kappa shape index (κ3) is 1.10. The molecule has 4 nitrogen and oxygen atoms in total. The fraction of sp³-hybridized carbons (Fsp3) is 0.167. The molecule has 0 aliphatic carbocycles. The van der Waals surface area contributed by atoms with Gasteiger partial charge in [0.15, 0.2) is 0 Å². The van der Waals surface area contributed by atoms with Crippen LogP contribution in [0.5, 0.6) is 0 Å². The number of nitrogens with two attached hydrogens (primary N) is 1. The lowest BCUT2D eigenvalue weighted by Crippen LogP contribution is -2.33. The summed E-state index contributed by atoms with van der Waals surface area (Å²) in [4.78, 5) is 11.4. The second-order valence-electron chi connectivity index (χ2n) is 1.91. The molecule has 0 unspecified atom stereocenters. The summed E-state index contributed by atoms with van der Waals surface area (Å²) in [6, 6.07) is 0. The molecule has 0 aromatic rings. The smallest absolute Gasteiger partial charge is 0.413 e. The van der Waals surface area contributed by atoms with E-state index in [0.717, 1.165) is 4.90 Å². The molecule has 4 heteroatoms. The third-order valence-corrected chi connectivity index (χ3v) is 1.23. The molecule has 0 atom stereocenters. The third-order valence-electron chi connectivity index (χ3n) is 1.23. The zero-order valence-corrected chi connectivity index (χ0v) is 5.32. The lowest BCUT2D eigenvalue weighted by molar-refractivity contribution is 0.161. The maximum atomic E-state index is 10.3. The number of amides is 1. The quantitative estimate of drug-likeness (QED) is 0.509. The highest BCUT2D eigenvalue weighted by atomic mass is 16.4. The molecule has 0 saturated heterocycles. The Bertz CT molecular complexity index is 208. The van der Waals surface area contributed by atoms with Crippen LogP contribution in [0.15, 0.2) is 24.0 Å². The van der Waals surface area contributed by atoms with Crippen molar-refractivity contribution in [3.8, 4) is 0 Å². The molecular weight excluding hydrogens is 132 g/mol. The standard InChI is InChI=1S/C6H8N2O2/c7-5-3-1-2-4-8(5)6(9)10/h1-3H,4,7H2,(H,9,10). The largest absolute Gasteiger partial charge is 0.465 e. The van der Waals surface area contributed by atoms with Gasteiger partial charge in [-0.2, -0.15) is 0 Å². The van der Waals surface area contributed by atoms with Crippen LogP contribution in [0.4, 0.5) is 4.79 Å². The fourth-order valence-corrected chi connectivity index (χ4v) is 0.717. The monoisotopic (exact) mass is 140 g/mol. The number of nitrogens with zero attached hydrogens (tertiary/aromatic N) is 1. The van der Waals surface area contributed by atoms with Crippen LogP contribution in [0.25, 0.3) is 0 Å². The Labute approximate surface area is 58.2 Å². The van der Waals surface area contributed by atoms with Crippen molar-refractivity contribution in [2.75, 3.05) is 6.54 Å². The Kier molecular flexibility index (Phi) is 1.62. The van der Waals surface area contributed by atoms with E-state index in [9.17, 15) is 4.79 Å². The maximum Gasteiger partial charge on any atom is 0.413 e. The van der Waals surface area contributed by atoms with Crippen molar-refractivity contribution >= 4 is 6.09 Å². The Morgan fingerprint density at radius 1 is 1.80 bits per heavy atom. The molecule has 10 heavy (non-hydrogen) atoms. The summed E-state index contributed by atoms with van der Waals surface area (Å²) < 4.78 is 0. The Balaban J connectivity index is 2.73. The Morgan fingerprint density at radius 3 is 2.90 bits per heavy atom. The van der Waals surface area contributed by atoms with E-state index < -0.39 is 6.09 Å². The molecule has 0 aromatic carbocycles. The average molecular weight is 140 g/mol. The van der Waals surface area contributed by atoms with Gasteiger partial charge in [0.25, 0.3) is 0 Å². The number of hydrogen-bond donors (Lipinski definition) is 2. The van der Waals surface area contributed by atoms with E-state index in [-0.39, 0.29) is 5.82 Å². The molecule has 0 spiro atoms. The van der Waals surface area contributed by atoms with Gasteiger partial charge in [0.2, 0.25) is 0 Å². The van der Waals surface area contributed by atoms with Crippen molar-refractivity contribution in [1.82, 2.24) is 4.90 Å². The van der Waals surface area contributed by atoms with Gasteiger partial charge < -0.3 is 10.8 Å². The molecule has 0 aromatic heterocycles. The SMILES string of the molecule is NC1=CC=CCN1C(=O)O. The Hall–Kier alpha value is -1.45. The maximum absolute atomic E-state index is 10.3. The first-order valence-electron chi connectivity index (χ1n) is 2.84. The molecule has 1 rings (SSSR count). The lowest BCUT2D eigenvalue weighted by Gasteiger charge is -2.18. The minimum absolute atomic E-state index is 0.273. The van der Waals surface area contributed by atoms with Crippen LogP contribution in [0, 0.1) is 0 Å². The second kappa shape index (κ2) is 2.43. The van der Waals surface area contributed by atoms with E-state index in [1.165, 1.54) is 0 Å². The van der Waals surface area contributed by atoms with E-state index >= 15 is 0 Å². The van der Waals surface area contributed by atoms with Crippen molar-refractivity contribution in [1.29, 1.82) is 0 Å². The summed E-state index contributed by atoms with van der Waals surface area (Å²) in [5, 5.41) is 8.48. The van der Waals surface area contributed by atoms with Crippen LogP contribution < -0.4 is 5.73 Å². The molecule has 1 heterocycles. The summed E-state index contributed by atoms with van der Waals surface area (Å²) >= 11 is 0. The van der Waals surface area contributed by atoms with Crippen LogP contribution in [0.2, 0.25) is 0 Å². The predicted octanol–water partition coefficient (Wildman–Crippen LogP) is 0.336. The summed E-state index contributed by atoms with van der Waals surface area (Å²) in [6.45, 7) is 0.345. The number of rotatable bonds is 0. The molecule has 0 fully saturated rings. The summed E-state index contributed by atoms with van der Waals surface area (Å²) in [5.41, 5.74) is 5.33. The first kappa shape index (κ1) is 6.67. The minimum atomic E-state index is -1.02. The van der Waals surface area contributed by atoms with E-state index in [1.54, 1.807) is 18.2 Å². The van der Waals surface area contributed by atoms with Gasteiger partial charge in [-0.3, -0.25) is 4.90 Å². The van der Waals surface area contributed by atoms with Crippen LogP contribution >= 0.6 is 0 Å². The van der Waals surface area contributed by atoms with Gasteiger partial charge >= 0.3 is 6.09 Å². The number of allylic oxidation sites excluding steroid dienone is 2. The van der Waals surface area contributed by atoms with Crippen molar-refractivity contribution in [3.05, 3.63) is 24.0 Å². The molecular formula is C6H8N2O2. The number of hydrogen-bond acceptors (Lipinski definition) is 2. The molecule has 1 aliphatic rings. The minimum Gasteiger partial charge on any atom is -0.465 e. The van der Waals surface area contributed by atoms with Crippen LogP contribution in [0.3, 0.4) is 0 Å². The van der Waals surface area contributed by atoms with Crippen molar-refractivity contribution < 1.29 is 9.90 Å². The predicted molar refractivity (Wildman–Crippen MR) is 36.1 cm³/mol. The van der Waals surface area contributed by atoms with Crippen LogP contribution in [0.1, 0.15) is 0 Å². The normalized spacial score (nSPS) is 16.8. The molecule has 1 aliphatic heterocycles. The Morgan fingerprint density at radius 2 is 2.50 bits per heavy atom. The van der Waals surface area contributed by atoms with Gasteiger partial charge in [-0.1, -0.05) is 12.2 Å². The van der Waals surface area contributed by atoms with Gasteiger partial charge in [-0.15, -0.1) is 0 Å². The first-order valence-corrected chi connectivity index (χ1v) is 2.84. The van der Waals surface area contributed by atoms with Crippen LogP contribution in [-0.4, -0.2) is 22.6 Å². The van der Waals surface area contributed by atoms with Gasteiger partial charge in [0.05, 0.1) is 0 Å². The van der Waals surface area contributed by atoms with Gasteiger partial charge in [-0.25, -0.2) is 4.79 Å². The molecule has 0 bridgehead atoms. The highest BCUT2D eigenvalue weighted by molar-refractivity contribution is 5.68. The zero-order valence-electron chi connectivity index (χ0n) is 5.32. The highest BCUT2D eigenvalue weighted by Gasteiger charge is 2.13. The zero-order chi connectivity index (χ0) is 7.56. The second-order valence-corrected chi connectivity index (χ2v) is 1.91.